The lowest BCUT2D eigenvalue weighted by Crippen LogP contribution is -2.11. The highest BCUT2D eigenvalue weighted by molar-refractivity contribution is 5.83. The number of benzene rings is 2. The van der Waals surface area contributed by atoms with Gasteiger partial charge < -0.3 is 14.5 Å². The first-order valence-corrected chi connectivity index (χ1v) is 7.23. The van der Waals surface area contributed by atoms with Crippen LogP contribution in [0, 0.1) is 6.92 Å². The molecule has 0 atom stereocenters. The second-order valence-electron chi connectivity index (χ2n) is 5.00. The summed E-state index contributed by atoms with van der Waals surface area (Å²) >= 11 is 0. The molecule has 1 aromatic heterocycles. The minimum Gasteiger partial charge on any atom is -0.459 e. The fourth-order valence-corrected chi connectivity index (χ4v) is 2.35. The second kappa shape index (κ2) is 6.02. The predicted octanol–water partition coefficient (Wildman–Crippen LogP) is 4.64. The van der Waals surface area contributed by atoms with Gasteiger partial charge >= 0.3 is 0 Å². The maximum Gasteiger partial charge on any atom is 0.134 e. The predicted molar refractivity (Wildman–Crippen MR) is 84.8 cm³/mol. The summed E-state index contributed by atoms with van der Waals surface area (Å²) in [7, 11) is 0. The zero-order chi connectivity index (χ0) is 14.7. The van der Waals surface area contributed by atoms with E-state index in [1.807, 2.05) is 48.5 Å². The average molecular weight is 281 g/mol. The van der Waals surface area contributed by atoms with E-state index >= 15 is 0 Å². The van der Waals surface area contributed by atoms with Gasteiger partial charge in [-0.3, -0.25) is 0 Å². The largest absolute Gasteiger partial charge is 0.459 e. The van der Waals surface area contributed by atoms with Crippen molar-refractivity contribution in [1.82, 2.24) is 5.32 Å². The fraction of sp³-hybridized carbons (Fsp3) is 0.222. The molecule has 0 saturated heterocycles. The van der Waals surface area contributed by atoms with E-state index in [2.05, 4.69) is 19.2 Å². The second-order valence-corrected chi connectivity index (χ2v) is 5.00. The van der Waals surface area contributed by atoms with E-state index in [1.54, 1.807) is 0 Å². The Kier molecular flexibility index (Phi) is 3.93. The fourth-order valence-electron chi connectivity index (χ4n) is 2.35. The number of ether oxygens (including phenoxy) is 1. The van der Waals surface area contributed by atoms with Crippen molar-refractivity contribution >= 4 is 11.0 Å². The molecule has 0 saturated carbocycles. The number of fused-ring (bicyclic) bond motifs is 1. The Balaban J connectivity index is 1.90. The number of furan rings is 1. The molecule has 0 bridgehead atoms. The number of aryl methyl sites for hydroxylation is 1. The molecule has 0 fully saturated rings. The van der Waals surface area contributed by atoms with Gasteiger partial charge in [-0.05, 0) is 49.4 Å². The molecule has 21 heavy (non-hydrogen) atoms. The first-order chi connectivity index (χ1) is 10.3. The van der Waals surface area contributed by atoms with E-state index < -0.39 is 0 Å². The first kappa shape index (κ1) is 13.7. The summed E-state index contributed by atoms with van der Waals surface area (Å²) in [6.07, 6.45) is 0. The van der Waals surface area contributed by atoms with E-state index in [9.17, 15) is 0 Å². The van der Waals surface area contributed by atoms with Gasteiger partial charge in [-0.2, -0.15) is 0 Å². The Hall–Kier alpha value is -2.26. The van der Waals surface area contributed by atoms with Crippen LogP contribution < -0.4 is 10.1 Å². The number of nitrogens with one attached hydrogen (secondary N) is 1. The standard InChI is InChI=1S/C18H19NO2/c1-3-19-12-18-13(2)16-11-15(9-10-17(16)21-18)20-14-7-5-4-6-8-14/h4-11,19H,3,12H2,1-2H3. The van der Waals surface area contributed by atoms with Gasteiger partial charge in [0.25, 0.3) is 0 Å². The van der Waals surface area contributed by atoms with E-state index in [4.69, 9.17) is 9.15 Å². The third kappa shape index (κ3) is 2.93. The maximum absolute atomic E-state index is 5.89. The van der Waals surface area contributed by atoms with Crippen LogP contribution in [0.3, 0.4) is 0 Å². The van der Waals surface area contributed by atoms with Gasteiger partial charge in [-0.25, -0.2) is 0 Å². The Morgan fingerprint density at radius 3 is 2.62 bits per heavy atom. The molecule has 108 valence electrons. The molecule has 2 aromatic carbocycles. The summed E-state index contributed by atoms with van der Waals surface area (Å²) in [5, 5.41) is 4.40. The van der Waals surface area contributed by atoms with Crippen molar-refractivity contribution in [2.75, 3.05) is 6.54 Å². The molecule has 1 heterocycles. The van der Waals surface area contributed by atoms with Crippen molar-refractivity contribution in [2.45, 2.75) is 20.4 Å². The zero-order valence-corrected chi connectivity index (χ0v) is 12.3. The Labute approximate surface area is 124 Å². The van der Waals surface area contributed by atoms with Crippen molar-refractivity contribution in [1.29, 1.82) is 0 Å². The third-order valence-corrected chi connectivity index (χ3v) is 3.52. The third-order valence-electron chi connectivity index (χ3n) is 3.52. The quantitative estimate of drug-likeness (QED) is 0.739. The molecule has 3 nitrogen and oxygen atoms in total. The van der Waals surface area contributed by atoms with Gasteiger partial charge in [0.15, 0.2) is 0 Å². The first-order valence-electron chi connectivity index (χ1n) is 7.23. The molecule has 0 unspecified atom stereocenters. The van der Waals surface area contributed by atoms with Crippen LogP contribution >= 0.6 is 0 Å². The number of hydrogen-bond acceptors (Lipinski definition) is 3. The van der Waals surface area contributed by atoms with Gasteiger partial charge in [0.2, 0.25) is 0 Å². The molecule has 0 aliphatic rings. The van der Waals surface area contributed by atoms with Gasteiger partial charge in [-0.1, -0.05) is 25.1 Å². The van der Waals surface area contributed by atoms with Crippen molar-refractivity contribution in [3.63, 3.8) is 0 Å². The van der Waals surface area contributed by atoms with Crippen molar-refractivity contribution in [3.05, 3.63) is 59.9 Å². The van der Waals surface area contributed by atoms with E-state index in [-0.39, 0.29) is 0 Å². The number of rotatable bonds is 5. The van der Waals surface area contributed by atoms with Crippen molar-refractivity contribution in [3.8, 4) is 11.5 Å². The maximum atomic E-state index is 5.89. The Morgan fingerprint density at radius 1 is 1.05 bits per heavy atom. The van der Waals surface area contributed by atoms with E-state index in [1.165, 1.54) is 5.56 Å². The molecule has 0 aliphatic heterocycles. The van der Waals surface area contributed by atoms with Crippen LogP contribution in [0.4, 0.5) is 0 Å². The van der Waals surface area contributed by atoms with Crippen molar-refractivity contribution < 1.29 is 9.15 Å². The molecule has 0 amide bonds. The number of hydrogen-bond donors (Lipinski definition) is 1. The van der Waals surface area contributed by atoms with E-state index in [0.29, 0.717) is 0 Å². The summed E-state index contributed by atoms with van der Waals surface area (Å²) in [6, 6.07) is 15.7. The van der Waals surface area contributed by atoms with Gasteiger partial charge in [0.05, 0.1) is 6.54 Å². The normalized spacial score (nSPS) is 11.0. The zero-order valence-electron chi connectivity index (χ0n) is 12.3. The highest BCUT2D eigenvalue weighted by Crippen LogP contribution is 2.30. The summed E-state index contributed by atoms with van der Waals surface area (Å²) in [5.41, 5.74) is 2.07. The smallest absolute Gasteiger partial charge is 0.134 e. The van der Waals surface area contributed by atoms with Gasteiger partial charge in [-0.15, -0.1) is 0 Å². The van der Waals surface area contributed by atoms with Crippen molar-refractivity contribution in [2.24, 2.45) is 0 Å². The van der Waals surface area contributed by atoms with Crippen LogP contribution in [0.25, 0.3) is 11.0 Å². The molecule has 3 heteroatoms. The van der Waals surface area contributed by atoms with E-state index in [0.717, 1.165) is 41.3 Å². The van der Waals surface area contributed by atoms with Gasteiger partial charge in [0, 0.05) is 5.39 Å². The van der Waals surface area contributed by atoms with Crippen LogP contribution in [-0.4, -0.2) is 6.54 Å². The van der Waals surface area contributed by atoms with Crippen LogP contribution in [0.15, 0.2) is 52.9 Å². The molecular weight excluding hydrogens is 262 g/mol. The molecule has 0 aliphatic carbocycles. The lowest BCUT2D eigenvalue weighted by molar-refractivity contribution is 0.482. The minimum absolute atomic E-state index is 0.756. The summed E-state index contributed by atoms with van der Waals surface area (Å²) in [5.74, 6) is 2.65. The van der Waals surface area contributed by atoms with Crippen LogP contribution in [0.2, 0.25) is 0 Å². The lowest BCUT2D eigenvalue weighted by atomic mass is 10.1. The van der Waals surface area contributed by atoms with Crippen LogP contribution in [0.5, 0.6) is 11.5 Å². The Morgan fingerprint density at radius 2 is 1.86 bits per heavy atom. The summed E-state index contributed by atoms with van der Waals surface area (Å²) in [4.78, 5) is 0. The molecule has 3 rings (SSSR count). The van der Waals surface area contributed by atoms with Crippen LogP contribution in [0.1, 0.15) is 18.2 Å². The minimum atomic E-state index is 0.756. The summed E-state index contributed by atoms with van der Waals surface area (Å²) in [6.45, 7) is 5.86. The topological polar surface area (TPSA) is 34.4 Å². The molecular formula is C18H19NO2. The average Bonchev–Trinajstić information content (AvgIpc) is 2.83. The highest BCUT2D eigenvalue weighted by Gasteiger charge is 2.11. The molecule has 1 N–H and O–H groups in total. The summed E-state index contributed by atoms with van der Waals surface area (Å²) < 4.78 is 11.8. The highest BCUT2D eigenvalue weighted by atomic mass is 16.5. The van der Waals surface area contributed by atoms with Gasteiger partial charge in [0.1, 0.15) is 22.8 Å². The lowest BCUT2D eigenvalue weighted by Gasteiger charge is -2.05. The monoisotopic (exact) mass is 281 g/mol. The van der Waals surface area contributed by atoms with Crippen LogP contribution in [-0.2, 0) is 6.54 Å². The molecule has 0 radical (unpaired) electrons. The Bertz CT molecular complexity index is 732. The molecule has 3 aromatic rings. The number of para-hydroxylation sites is 1. The molecule has 0 spiro atoms. The SMILES string of the molecule is CCNCc1oc2ccc(Oc3ccccc3)cc2c1C.